The predicted octanol–water partition coefficient (Wildman–Crippen LogP) is 2.60. The number of carbonyl (C=O) groups is 2. The average Bonchev–Trinajstić information content (AvgIpc) is 2.87. The number of fused-ring (bicyclic) bond motifs is 1. The van der Waals surface area contributed by atoms with Crippen molar-refractivity contribution in [2.45, 2.75) is 69.4 Å². The molecule has 3 rings (SSSR count). The fourth-order valence-electron chi connectivity index (χ4n) is 6.15. The standard InChI is InChI=1S/C20H29Cl2NO4/c1-9-5-14(25)16-19(2,3)17(22)12(21)8-20(16,4)11(9)7-13(24)10-6-15(26)23-18(10)27/h10-14,16-17,24-25H,1,5-8H2,2-4H3,(H,23,26,27)/t10-,11+,12-,13+,14-,16+,17+,20-/m0/s1. The van der Waals surface area contributed by atoms with Gasteiger partial charge in [0.1, 0.15) is 0 Å². The van der Waals surface area contributed by atoms with Gasteiger partial charge in [0.25, 0.3) is 0 Å². The molecule has 0 aromatic rings. The number of amides is 2. The van der Waals surface area contributed by atoms with E-state index in [9.17, 15) is 19.8 Å². The number of alkyl halides is 2. The highest BCUT2D eigenvalue weighted by atomic mass is 35.5. The van der Waals surface area contributed by atoms with Crippen LogP contribution in [0.3, 0.4) is 0 Å². The Labute approximate surface area is 170 Å². The SMILES string of the molecule is C=C1C[C@H](O)[C@@H]2C(C)(C)[C@H](Cl)[C@@H](Cl)C[C@@]2(C)[C@@H]1C[C@@H](O)[C@@H]1CC(=O)NC1=O. The normalized spacial score (nSPS) is 45.4. The second-order valence-corrected chi connectivity index (χ2v) is 10.5. The molecule has 3 fully saturated rings. The van der Waals surface area contributed by atoms with Crippen LogP contribution >= 0.6 is 23.2 Å². The van der Waals surface area contributed by atoms with Crippen LogP contribution in [0.25, 0.3) is 0 Å². The second kappa shape index (κ2) is 7.01. The van der Waals surface area contributed by atoms with Crippen LogP contribution in [0.15, 0.2) is 12.2 Å². The van der Waals surface area contributed by atoms with Gasteiger partial charge in [-0.3, -0.25) is 14.9 Å². The molecule has 3 aliphatic rings. The number of halogens is 2. The van der Waals surface area contributed by atoms with Crippen LogP contribution in [0.5, 0.6) is 0 Å². The minimum Gasteiger partial charge on any atom is -0.392 e. The summed E-state index contributed by atoms with van der Waals surface area (Å²) in [6.07, 6.45) is -0.163. The van der Waals surface area contributed by atoms with Crippen LogP contribution in [-0.4, -0.2) is 45.0 Å². The summed E-state index contributed by atoms with van der Waals surface area (Å²) in [7, 11) is 0. The lowest BCUT2D eigenvalue weighted by Crippen LogP contribution is -2.62. The zero-order chi connectivity index (χ0) is 20.3. The lowest BCUT2D eigenvalue weighted by molar-refractivity contribution is -0.133. The van der Waals surface area contributed by atoms with Crippen LogP contribution < -0.4 is 5.32 Å². The first-order valence-corrected chi connectivity index (χ1v) is 10.4. The third-order valence-electron chi connectivity index (χ3n) is 7.27. The topological polar surface area (TPSA) is 86.6 Å². The summed E-state index contributed by atoms with van der Waals surface area (Å²) < 4.78 is 0. The smallest absolute Gasteiger partial charge is 0.232 e. The number of hydrogen-bond donors (Lipinski definition) is 3. The van der Waals surface area contributed by atoms with Crippen molar-refractivity contribution in [2.24, 2.45) is 28.6 Å². The number of hydrogen-bond acceptors (Lipinski definition) is 4. The molecule has 2 saturated carbocycles. The highest BCUT2D eigenvalue weighted by Gasteiger charge is 2.61. The van der Waals surface area contributed by atoms with Gasteiger partial charge in [0.15, 0.2) is 0 Å². The van der Waals surface area contributed by atoms with Crippen molar-refractivity contribution in [3.8, 4) is 0 Å². The Kier molecular flexibility index (Phi) is 5.48. The Morgan fingerprint density at radius 2 is 1.89 bits per heavy atom. The number of rotatable bonds is 3. The van der Waals surface area contributed by atoms with Crippen LogP contribution in [0.1, 0.15) is 46.5 Å². The van der Waals surface area contributed by atoms with Gasteiger partial charge in [0.05, 0.1) is 28.9 Å². The fraction of sp³-hybridized carbons (Fsp3) is 0.800. The molecular weight excluding hydrogens is 389 g/mol. The minimum atomic E-state index is -0.948. The van der Waals surface area contributed by atoms with Gasteiger partial charge in [-0.1, -0.05) is 32.9 Å². The number of aliphatic hydroxyl groups is 2. The molecule has 0 radical (unpaired) electrons. The summed E-state index contributed by atoms with van der Waals surface area (Å²) in [5, 5.41) is 23.3. The first-order valence-electron chi connectivity index (χ1n) is 9.55. The minimum absolute atomic E-state index is 0.00927. The molecule has 27 heavy (non-hydrogen) atoms. The molecule has 2 aliphatic carbocycles. The van der Waals surface area contributed by atoms with Gasteiger partial charge in [-0.25, -0.2) is 0 Å². The average molecular weight is 418 g/mol. The maximum Gasteiger partial charge on any atom is 0.232 e. The summed E-state index contributed by atoms with van der Waals surface area (Å²) in [5.74, 6) is -1.73. The van der Waals surface area contributed by atoms with E-state index in [0.717, 1.165) is 5.57 Å². The molecule has 3 N–H and O–H groups in total. The predicted molar refractivity (Wildman–Crippen MR) is 104 cm³/mol. The molecule has 2 amide bonds. The van der Waals surface area contributed by atoms with Gasteiger partial charge in [-0.2, -0.15) is 0 Å². The van der Waals surface area contributed by atoms with Crippen molar-refractivity contribution >= 4 is 35.0 Å². The second-order valence-electron chi connectivity index (χ2n) is 9.44. The summed E-state index contributed by atoms with van der Waals surface area (Å²) in [6, 6.07) is 0. The number of carbonyl (C=O) groups excluding carboxylic acids is 2. The van der Waals surface area contributed by atoms with E-state index in [2.05, 4.69) is 18.8 Å². The van der Waals surface area contributed by atoms with E-state index in [1.54, 1.807) is 0 Å². The van der Waals surface area contributed by atoms with Crippen molar-refractivity contribution in [1.29, 1.82) is 0 Å². The molecule has 0 unspecified atom stereocenters. The molecule has 0 bridgehead atoms. The molecule has 0 aromatic heterocycles. The van der Waals surface area contributed by atoms with Gasteiger partial charge < -0.3 is 10.2 Å². The van der Waals surface area contributed by atoms with Gasteiger partial charge in [-0.15, -0.1) is 23.2 Å². The monoisotopic (exact) mass is 417 g/mol. The molecule has 0 aromatic carbocycles. The molecule has 1 heterocycles. The van der Waals surface area contributed by atoms with Gasteiger partial charge >= 0.3 is 0 Å². The summed E-state index contributed by atoms with van der Waals surface area (Å²) in [4.78, 5) is 23.5. The van der Waals surface area contributed by atoms with Crippen molar-refractivity contribution in [3.63, 3.8) is 0 Å². The van der Waals surface area contributed by atoms with Crippen molar-refractivity contribution in [3.05, 3.63) is 12.2 Å². The van der Waals surface area contributed by atoms with E-state index in [1.165, 1.54) is 0 Å². The van der Waals surface area contributed by atoms with Gasteiger partial charge in [-0.05, 0) is 41.9 Å². The highest BCUT2D eigenvalue weighted by Crippen LogP contribution is 2.63. The number of imide groups is 1. The number of aliphatic hydroxyl groups excluding tert-OH is 2. The Balaban J connectivity index is 1.91. The Morgan fingerprint density at radius 1 is 1.26 bits per heavy atom. The summed E-state index contributed by atoms with van der Waals surface area (Å²) >= 11 is 13.2. The summed E-state index contributed by atoms with van der Waals surface area (Å²) in [5.41, 5.74) is 0.0546. The van der Waals surface area contributed by atoms with Gasteiger partial charge in [0, 0.05) is 6.42 Å². The maximum atomic E-state index is 12.0. The molecule has 5 nitrogen and oxygen atoms in total. The first kappa shape index (κ1) is 21.1. The third kappa shape index (κ3) is 3.35. The van der Waals surface area contributed by atoms with Gasteiger partial charge in [0.2, 0.25) is 11.8 Å². The molecule has 7 heteroatoms. The van der Waals surface area contributed by atoms with Crippen LogP contribution in [0.2, 0.25) is 0 Å². The van der Waals surface area contributed by atoms with E-state index >= 15 is 0 Å². The Bertz CT molecular complexity index is 666. The molecule has 0 spiro atoms. The van der Waals surface area contributed by atoms with E-state index in [-0.39, 0.29) is 34.9 Å². The van der Waals surface area contributed by atoms with E-state index < -0.39 is 34.9 Å². The largest absolute Gasteiger partial charge is 0.392 e. The van der Waals surface area contributed by atoms with Crippen molar-refractivity contribution in [1.82, 2.24) is 5.32 Å². The van der Waals surface area contributed by atoms with Crippen molar-refractivity contribution in [2.75, 3.05) is 0 Å². The van der Waals surface area contributed by atoms with E-state index in [1.807, 2.05) is 13.8 Å². The molecular formula is C20H29Cl2NO4. The maximum absolute atomic E-state index is 12.0. The van der Waals surface area contributed by atoms with Crippen LogP contribution in [0.4, 0.5) is 0 Å². The zero-order valence-corrected chi connectivity index (χ0v) is 17.6. The zero-order valence-electron chi connectivity index (χ0n) is 16.0. The van der Waals surface area contributed by atoms with Crippen LogP contribution in [-0.2, 0) is 9.59 Å². The van der Waals surface area contributed by atoms with Crippen LogP contribution in [0, 0.1) is 28.6 Å². The third-order valence-corrected chi connectivity index (χ3v) is 8.67. The lowest BCUT2D eigenvalue weighted by Gasteiger charge is -2.62. The number of nitrogens with one attached hydrogen (secondary N) is 1. The highest BCUT2D eigenvalue weighted by molar-refractivity contribution is 6.30. The fourth-order valence-corrected chi connectivity index (χ4v) is 7.04. The molecule has 152 valence electrons. The molecule has 1 saturated heterocycles. The quantitative estimate of drug-likeness (QED) is 0.374. The molecule has 1 aliphatic heterocycles. The Morgan fingerprint density at radius 3 is 2.44 bits per heavy atom. The molecule has 8 atom stereocenters. The lowest BCUT2D eigenvalue weighted by atomic mass is 9.46. The summed E-state index contributed by atoms with van der Waals surface area (Å²) in [6.45, 7) is 10.3. The van der Waals surface area contributed by atoms with E-state index in [4.69, 9.17) is 23.2 Å². The Hall–Kier alpha value is -0.620. The first-order chi connectivity index (χ1) is 12.4. The van der Waals surface area contributed by atoms with Crippen molar-refractivity contribution < 1.29 is 19.8 Å². The van der Waals surface area contributed by atoms with E-state index in [0.29, 0.717) is 19.3 Å².